The van der Waals surface area contributed by atoms with Crippen molar-refractivity contribution < 1.29 is 4.79 Å². The van der Waals surface area contributed by atoms with Gasteiger partial charge < -0.3 is 4.57 Å². The average molecular weight is 329 g/mol. The first-order valence-electron chi connectivity index (χ1n) is 5.61. The van der Waals surface area contributed by atoms with Gasteiger partial charge in [-0.2, -0.15) is 0 Å². The zero-order valence-electron chi connectivity index (χ0n) is 11.0. The van der Waals surface area contributed by atoms with Crippen molar-refractivity contribution in [1.29, 1.82) is 0 Å². The molecule has 0 N–H and O–H groups in total. The van der Waals surface area contributed by atoms with Crippen molar-refractivity contribution in [2.75, 3.05) is 0 Å². The molecule has 0 radical (unpaired) electrons. The number of Topliss-reactive ketones (excluding diaryl/α,β-unsaturated/α-hetero) is 1. The number of aryl methyl sites for hydroxylation is 1. The molecule has 0 aliphatic rings. The van der Waals surface area contributed by atoms with Gasteiger partial charge in [-0.15, -0.1) is 0 Å². The molecule has 102 valence electrons. The van der Waals surface area contributed by atoms with Crippen molar-refractivity contribution in [2.45, 2.75) is 19.9 Å². The molecule has 19 heavy (non-hydrogen) atoms. The van der Waals surface area contributed by atoms with Crippen molar-refractivity contribution in [1.82, 2.24) is 18.7 Å². The third-order valence-corrected chi connectivity index (χ3v) is 3.78. The molecule has 0 bridgehead atoms. The quantitative estimate of drug-likeness (QED) is 0.745. The Morgan fingerprint density at radius 1 is 1.26 bits per heavy atom. The minimum atomic E-state index is -0.537. The summed E-state index contributed by atoms with van der Waals surface area (Å²) in [6.45, 7) is 3.12. The number of hydrogen-bond acceptors (Lipinski definition) is 4. The molecule has 8 heteroatoms. The molecule has 0 aliphatic carbocycles. The Morgan fingerprint density at radius 3 is 2.37 bits per heavy atom. The number of imidazole rings is 1. The van der Waals surface area contributed by atoms with Gasteiger partial charge in [0.25, 0.3) is 5.56 Å². The van der Waals surface area contributed by atoms with Crippen LogP contribution in [0.2, 0.25) is 0 Å². The number of rotatable bonds is 2. The van der Waals surface area contributed by atoms with Crippen molar-refractivity contribution in [3.63, 3.8) is 0 Å². The summed E-state index contributed by atoms with van der Waals surface area (Å²) in [6, 6.07) is -0.537. The second-order valence-electron chi connectivity index (χ2n) is 4.42. The minimum Gasteiger partial charge on any atom is -0.302 e. The number of carbonyl (C=O) groups is 1. The lowest BCUT2D eigenvalue weighted by molar-refractivity contribution is -0.119. The van der Waals surface area contributed by atoms with Gasteiger partial charge in [0.05, 0.1) is 6.04 Å². The maximum Gasteiger partial charge on any atom is 0.332 e. The van der Waals surface area contributed by atoms with E-state index in [0.29, 0.717) is 4.73 Å². The van der Waals surface area contributed by atoms with Crippen molar-refractivity contribution in [2.24, 2.45) is 14.1 Å². The van der Waals surface area contributed by atoms with Crippen molar-refractivity contribution in [3.8, 4) is 0 Å². The normalized spacial score (nSPS) is 12.9. The van der Waals surface area contributed by atoms with E-state index in [9.17, 15) is 14.4 Å². The lowest BCUT2D eigenvalue weighted by atomic mass is 10.2. The van der Waals surface area contributed by atoms with Crippen LogP contribution in [0.25, 0.3) is 11.2 Å². The van der Waals surface area contributed by atoms with Crippen LogP contribution in [0.15, 0.2) is 14.3 Å². The highest BCUT2D eigenvalue weighted by Gasteiger charge is 2.22. The monoisotopic (exact) mass is 328 g/mol. The van der Waals surface area contributed by atoms with Gasteiger partial charge in [0.15, 0.2) is 21.7 Å². The summed E-state index contributed by atoms with van der Waals surface area (Å²) in [5, 5.41) is 0. The number of halogens is 1. The number of aromatic nitrogens is 4. The van der Waals surface area contributed by atoms with Crippen molar-refractivity contribution in [3.05, 3.63) is 25.6 Å². The standard InChI is InChI=1S/C11H13BrN4O3/c1-5(6(2)17)16-7-8(13-10(16)12)14(3)11(19)15(4)9(7)18/h5H,1-4H3. The SMILES string of the molecule is CC(=O)C(C)n1c(Br)nc2c1c(=O)n(C)c(=O)n2C. The summed E-state index contributed by atoms with van der Waals surface area (Å²) in [5.74, 6) is -0.101. The molecule has 0 saturated heterocycles. The van der Waals surface area contributed by atoms with Gasteiger partial charge in [-0.1, -0.05) is 0 Å². The van der Waals surface area contributed by atoms with Crippen LogP contribution in [0.1, 0.15) is 19.9 Å². The second kappa shape index (κ2) is 4.44. The molecular formula is C11H13BrN4O3. The third-order valence-electron chi connectivity index (χ3n) is 3.22. The minimum absolute atomic E-state index is 0.101. The maximum atomic E-state index is 12.2. The molecule has 2 heterocycles. The van der Waals surface area contributed by atoms with E-state index in [1.165, 1.54) is 30.2 Å². The lowest BCUT2D eigenvalue weighted by Crippen LogP contribution is -2.38. The van der Waals surface area contributed by atoms with Gasteiger partial charge in [-0.05, 0) is 29.8 Å². The number of carbonyl (C=O) groups excluding carboxylic acids is 1. The molecule has 7 nitrogen and oxygen atoms in total. The van der Waals surface area contributed by atoms with Crippen LogP contribution in [0.5, 0.6) is 0 Å². The summed E-state index contributed by atoms with van der Waals surface area (Å²) < 4.78 is 4.13. The van der Waals surface area contributed by atoms with E-state index < -0.39 is 17.3 Å². The molecular weight excluding hydrogens is 316 g/mol. The highest BCUT2D eigenvalue weighted by Crippen LogP contribution is 2.22. The van der Waals surface area contributed by atoms with E-state index >= 15 is 0 Å². The number of hydrogen-bond donors (Lipinski definition) is 0. The van der Waals surface area contributed by atoms with Crippen LogP contribution in [0.4, 0.5) is 0 Å². The van der Waals surface area contributed by atoms with E-state index in [1.807, 2.05) is 0 Å². The fourth-order valence-electron chi connectivity index (χ4n) is 1.92. The van der Waals surface area contributed by atoms with E-state index in [2.05, 4.69) is 20.9 Å². The zero-order valence-corrected chi connectivity index (χ0v) is 12.6. The summed E-state index contributed by atoms with van der Waals surface area (Å²) in [6.07, 6.45) is 0. The Balaban J connectivity index is 3.04. The summed E-state index contributed by atoms with van der Waals surface area (Å²) in [5.41, 5.74) is -0.429. The first kappa shape index (κ1) is 13.7. The van der Waals surface area contributed by atoms with Gasteiger partial charge in [0.2, 0.25) is 0 Å². The van der Waals surface area contributed by atoms with Crippen LogP contribution in [-0.4, -0.2) is 24.5 Å². The molecule has 1 atom stereocenters. The predicted octanol–water partition coefficient (Wildman–Crippen LogP) is 0.346. The first-order valence-corrected chi connectivity index (χ1v) is 6.40. The van der Waals surface area contributed by atoms with Gasteiger partial charge in [0.1, 0.15) is 0 Å². The lowest BCUT2D eigenvalue weighted by Gasteiger charge is -2.12. The smallest absolute Gasteiger partial charge is 0.302 e. The fourth-order valence-corrected chi connectivity index (χ4v) is 2.58. The van der Waals surface area contributed by atoms with Crippen LogP contribution in [0.3, 0.4) is 0 Å². The van der Waals surface area contributed by atoms with Gasteiger partial charge in [-0.25, -0.2) is 9.78 Å². The highest BCUT2D eigenvalue weighted by atomic mass is 79.9. The maximum absolute atomic E-state index is 12.2. The molecule has 0 spiro atoms. The molecule has 2 aromatic heterocycles. The Hall–Kier alpha value is -1.70. The van der Waals surface area contributed by atoms with E-state index in [-0.39, 0.29) is 16.9 Å². The first-order chi connectivity index (χ1) is 8.77. The van der Waals surface area contributed by atoms with Gasteiger partial charge in [-0.3, -0.25) is 18.7 Å². The Bertz CT molecular complexity index is 799. The Labute approximate surface area is 116 Å². The van der Waals surface area contributed by atoms with Crippen LogP contribution < -0.4 is 11.2 Å². The number of nitrogens with zero attached hydrogens (tertiary/aromatic N) is 4. The van der Waals surface area contributed by atoms with Crippen molar-refractivity contribution >= 4 is 32.9 Å². The average Bonchev–Trinajstić information content (AvgIpc) is 2.70. The summed E-state index contributed by atoms with van der Waals surface area (Å²) in [4.78, 5) is 39.7. The molecule has 0 amide bonds. The summed E-state index contributed by atoms with van der Waals surface area (Å²) in [7, 11) is 2.93. The topological polar surface area (TPSA) is 78.9 Å². The third kappa shape index (κ3) is 1.86. The van der Waals surface area contributed by atoms with Gasteiger partial charge in [0, 0.05) is 14.1 Å². The van der Waals surface area contributed by atoms with E-state index in [1.54, 1.807) is 6.92 Å². The molecule has 2 aromatic rings. The largest absolute Gasteiger partial charge is 0.332 e. The van der Waals surface area contributed by atoms with Gasteiger partial charge >= 0.3 is 5.69 Å². The Kier molecular flexibility index (Phi) is 3.21. The molecule has 2 rings (SSSR count). The van der Waals surface area contributed by atoms with Crippen LogP contribution >= 0.6 is 15.9 Å². The molecule has 0 saturated carbocycles. The second-order valence-corrected chi connectivity index (χ2v) is 5.12. The van der Waals surface area contributed by atoms with Crippen LogP contribution in [-0.2, 0) is 18.9 Å². The molecule has 0 aromatic carbocycles. The molecule has 0 fully saturated rings. The number of fused-ring (bicyclic) bond motifs is 1. The summed E-state index contributed by atoms with van der Waals surface area (Å²) >= 11 is 3.23. The molecule has 0 aliphatic heterocycles. The van der Waals surface area contributed by atoms with Crippen LogP contribution in [0, 0.1) is 0 Å². The zero-order chi connectivity index (χ0) is 14.5. The Morgan fingerprint density at radius 2 is 1.84 bits per heavy atom. The number of ketones is 1. The fraction of sp³-hybridized carbons (Fsp3) is 0.455. The van der Waals surface area contributed by atoms with E-state index in [0.717, 1.165) is 4.57 Å². The highest BCUT2D eigenvalue weighted by molar-refractivity contribution is 9.10. The predicted molar refractivity (Wildman–Crippen MR) is 73.3 cm³/mol. The van der Waals surface area contributed by atoms with E-state index in [4.69, 9.17) is 0 Å². The molecule has 1 unspecified atom stereocenters.